The molecule has 128 valence electrons. The van der Waals surface area contributed by atoms with E-state index < -0.39 is 17.6 Å². The number of benzene rings is 1. The first kappa shape index (κ1) is 16.0. The number of carbonyl (C=O) groups excluding carboxylic acids is 2. The van der Waals surface area contributed by atoms with Crippen LogP contribution in [0.3, 0.4) is 0 Å². The Bertz CT molecular complexity index is 857. The molecule has 1 aromatic carbocycles. The molecule has 0 N–H and O–H groups in total. The summed E-state index contributed by atoms with van der Waals surface area (Å²) in [5.41, 5.74) is 0.999. The third-order valence-electron chi connectivity index (χ3n) is 4.22. The summed E-state index contributed by atoms with van der Waals surface area (Å²) in [6, 6.07) is 9.19. The van der Waals surface area contributed by atoms with Gasteiger partial charge in [0.05, 0.1) is 24.5 Å². The lowest BCUT2D eigenvalue weighted by molar-refractivity contribution is -0.121. The fourth-order valence-corrected chi connectivity index (χ4v) is 3.85. The molecule has 0 atom stereocenters. The van der Waals surface area contributed by atoms with Crippen LogP contribution in [0, 0.1) is 5.82 Å². The van der Waals surface area contributed by atoms with Crippen LogP contribution in [0.15, 0.2) is 47.5 Å². The Kier molecular flexibility index (Phi) is 4.10. The van der Waals surface area contributed by atoms with Gasteiger partial charge in [-0.3, -0.25) is 9.59 Å². The maximum atomic E-state index is 13.6. The number of rotatable bonds is 3. The highest BCUT2D eigenvalue weighted by Crippen LogP contribution is 2.36. The molecule has 0 spiro atoms. The summed E-state index contributed by atoms with van der Waals surface area (Å²) in [5, 5.41) is 1.86. The molecule has 5 nitrogen and oxygen atoms in total. The van der Waals surface area contributed by atoms with Crippen LogP contribution in [0.5, 0.6) is 0 Å². The molecular weight excluding hydrogens is 343 g/mol. The SMILES string of the molecule is O=C1C(c2cccs2)=C(N2CCOCC2)C(=O)N1c1cccc(F)c1. The van der Waals surface area contributed by atoms with Gasteiger partial charge in [0, 0.05) is 18.0 Å². The molecule has 2 amide bonds. The van der Waals surface area contributed by atoms with Crippen molar-refractivity contribution in [2.24, 2.45) is 0 Å². The zero-order valence-corrected chi connectivity index (χ0v) is 14.1. The van der Waals surface area contributed by atoms with E-state index >= 15 is 0 Å². The highest BCUT2D eigenvalue weighted by atomic mass is 32.1. The van der Waals surface area contributed by atoms with E-state index in [2.05, 4.69) is 0 Å². The minimum absolute atomic E-state index is 0.243. The van der Waals surface area contributed by atoms with Crippen LogP contribution in [0.2, 0.25) is 0 Å². The van der Waals surface area contributed by atoms with E-state index in [4.69, 9.17) is 4.74 Å². The Morgan fingerprint density at radius 3 is 2.52 bits per heavy atom. The van der Waals surface area contributed by atoms with Crippen molar-refractivity contribution >= 4 is 34.4 Å². The van der Waals surface area contributed by atoms with E-state index in [9.17, 15) is 14.0 Å². The lowest BCUT2D eigenvalue weighted by atomic mass is 10.1. The van der Waals surface area contributed by atoms with Crippen LogP contribution in [0.25, 0.3) is 5.57 Å². The Morgan fingerprint density at radius 2 is 1.84 bits per heavy atom. The summed E-state index contributed by atoms with van der Waals surface area (Å²) in [7, 11) is 0. The molecule has 2 aromatic rings. The predicted octanol–water partition coefficient (Wildman–Crippen LogP) is 2.50. The smallest absolute Gasteiger partial charge is 0.282 e. The van der Waals surface area contributed by atoms with Gasteiger partial charge in [0.15, 0.2) is 0 Å². The summed E-state index contributed by atoms with van der Waals surface area (Å²) in [6.45, 7) is 2.09. The summed E-state index contributed by atoms with van der Waals surface area (Å²) in [6.07, 6.45) is 0. The number of nitrogens with zero attached hydrogens (tertiary/aromatic N) is 2. The third-order valence-corrected chi connectivity index (χ3v) is 5.11. The van der Waals surface area contributed by atoms with Crippen molar-refractivity contribution in [1.29, 1.82) is 0 Å². The van der Waals surface area contributed by atoms with Crippen molar-refractivity contribution < 1.29 is 18.7 Å². The first-order valence-electron chi connectivity index (χ1n) is 7.92. The van der Waals surface area contributed by atoms with Crippen LogP contribution in [0.4, 0.5) is 10.1 Å². The number of anilines is 1. The van der Waals surface area contributed by atoms with E-state index in [-0.39, 0.29) is 5.69 Å². The van der Waals surface area contributed by atoms with Gasteiger partial charge in [-0.25, -0.2) is 9.29 Å². The second-order valence-corrected chi connectivity index (χ2v) is 6.67. The average Bonchev–Trinajstić information content (AvgIpc) is 3.22. The highest BCUT2D eigenvalue weighted by molar-refractivity contribution is 7.11. The zero-order valence-electron chi connectivity index (χ0n) is 13.3. The summed E-state index contributed by atoms with van der Waals surface area (Å²) in [4.78, 5) is 29.8. The van der Waals surface area contributed by atoms with Crippen molar-refractivity contribution in [3.05, 3.63) is 58.2 Å². The fraction of sp³-hybridized carbons (Fsp3) is 0.222. The first-order valence-corrected chi connectivity index (χ1v) is 8.80. The van der Waals surface area contributed by atoms with E-state index in [1.807, 2.05) is 22.4 Å². The van der Waals surface area contributed by atoms with Crippen molar-refractivity contribution in [3.63, 3.8) is 0 Å². The van der Waals surface area contributed by atoms with E-state index in [1.165, 1.54) is 29.5 Å². The Morgan fingerprint density at radius 1 is 1.04 bits per heavy atom. The molecule has 3 heterocycles. The predicted molar refractivity (Wildman–Crippen MR) is 92.5 cm³/mol. The molecule has 2 aliphatic heterocycles. The van der Waals surface area contributed by atoms with Gasteiger partial charge in [0.25, 0.3) is 11.8 Å². The lowest BCUT2D eigenvalue weighted by Gasteiger charge is -2.29. The van der Waals surface area contributed by atoms with Crippen LogP contribution < -0.4 is 4.90 Å². The van der Waals surface area contributed by atoms with Crippen molar-refractivity contribution in [3.8, 4) is 0 Å². The molecule has 1 aromatic heterocycles. The van der Waals surface area contributed by atoms with Gasteiger partial charge in [-0.2, -0.15) is 0 Å². The first-order chi connectivity index (χ1) is 12.2. The van der Waals surface area contributed by atoms with E-state index in [1.54, 1.807) is 6.07 Å². The summed E-state index contributed by atoms with van der Waals surface area (Å²) >= 11 is 1.40. The quantitative estimate of drug-likeness (QED) is 0.791. The molecule has 2 aliphatic rings. The van der Waals surface area contributed by atoms with E-state index in [0.717, 1.165) is 9.78 Å². The summed E-state index contributed by atoms with van der Waals surface area (Å²) in [5.74, 6) is -1.32. The minimum Gasteiger partial charge on any atom is -0.378 e. The largest absolute Gasteiger partial charge is 0.378 e. The Labute approximate surface area is 147 Å². The number of halogens is 1. The van der Waals surface area contributed by atoms with Crippen molar-refractivity contribution in [1.82, 2.24) is 4.90 Å². The molecular formula is C18H15FN2O3S. The molecule has 7 heteroatoms. The van der Waals surface area contributed by atoms with Crippen LogP contribution in [0.1, 0.15) is 4.88 Å². The fourth-order valence-electron chi connectivity index (χ4n) is 3.09. The summed E-state index contributed by atoms with van der Waals surface area (Å²) < 4.78 is 19.0. The van der Waals surface area contributed by atoms with Gasteiger partial charge in [0.1, 0.15) is 11.5 Å². The minimum atomic E-state index is -0.490. The van der Waals surface area contributed by atoms with Crippen LogP contribution in [-0.2, 0) is 14.3 Å². The maximum Gasteiger partial charge on any atom is 0.282 e. The Hall–Kier alpha value is -2.51. The standard InChI is InChI=1S/C18H15FN2O3S/c19-12-3-1-4-13(11-12)21-17(22)15(14-5-2-10-25-14)16(18(21)23)20-6-8-24-9-7-20/h1-5,10-11H,6-9H2. The van der Waals surface area contributed by atoms with Gasteiger partial charge < -0.3 is 9.64 Å². The molecule has 0 saturated carbocycles. The normalized spacial score (nSPS) is 18.4. The number of thiophene rings is 1. The monoisotopic (exact) mass is 358 g/mol. The molecule has 0 unspecified atom stereocenters. The second kappa shape index (κ2) is 6.42. The molecule has 1 saturated heterocycles. The van der Waals surface area contributed by atoms with Crippen LogP contribution >= 0.6 is 11.3 Å². The average molecular weight is 358 g/mol. The number of ether oxygens (including phenoxy) is 1. The zero-order chi connectivity index (χ0) is 17.4. The van der Waals surface area contributed by atoms with Gasteiger partial charge >= 0.3 is 0 Å². The van der Waals surface area contributed by atoms with Gasteiger partial charge in [0.2, 0.25) is 0 Å². The number of imide groups is 1. The second-order valence-electron chi connectivity index (χ2n) is 5.73. The van der Waals surface area contributed by atoms with Gasteiger partial charge in [-0.05, 0) is 29.6 Å². The van der Waals surface area contributed by atoms with Crippen molar-refractivity contribution in [2.45, 2.75) is 0 Å². The number of hydrogen-bond donors (Lipinski definition) is 0. The molecule has 4 rings (SSSR count). The van der Waals surface area contributed by atoms with Gasteiger partial charge in [-0.1, -0.05) is 12.1 Å². The number of carbonyl (C=O) groups is 2. The molecule has 0 aliphatic carbocycles. The third kappa shape index (κ3) is 2.75. The Balaban J connectivity index is 1.81. The lowest BCUT2D eigenvalue weighted by Crippen LogP contribution is -2.40. The van der Waals surface area contributed by atoms with Crippen molar-refractivity contribution in [2.75, 3.05) is 31.2 Å². The number of amides is 2. The topological polar surface area (TPSA) is 49.9 Å². The molecule has 25 heavy (non-hydrogen) atoms. The van der Waals surface area contributed by atoms with E-state index in [0.29, 0.717) is 37.6 Å². The number of morpholine rings is 1. The van der Waals surface area contributed by atoms with Crippen LogP contribution in [-0.4, -0.2) is 43.0 Å². The highest BCUT2D eigenvalue weighted by Gasteiger charge is 2.43. The molecule has 0 bridgehead atoms. The number of hydrogen-bond acceptors (Lipinski definition) is 5. The van der Waals surface area contributed by atoms with Gasteiger partial charge in [-0.15, -0.1) is 11.3 Å². The molecule has 0 radical (unpaired) electrons. The molecule has 1 fully saturated rings. The maximum absolute atomic E-state index is 13.6.